The number of rotatable bonds is 6. The van der Waals surface area contributed by atoms with Gasteiger partial charge in [-0.2, -0.15) is 5.26 Å². The van der Waals surface area contributed by atoms with Crippen LogP contribution in [0.2, 0.25) is 0 Å². The summed E-state index contributed by atoms with van der Waals surface area (Å²) in [5.74, 6) is 0.595. The van der Waals surface area contributed by atoms with Gasteiger partial charge in [0.05, 0.1) is 6.07 Å². The van der Waals surface area contributed by atoms with E-state index >= 15 is 0 Å². The minimum absolute atomic E-state index is 0.595. The molecule has 2 heteroatoms. The Bertz CT molecular complexity index is 410. The van der Waals surface area contributed by atoms with E-state index in [9.17, 15) is 0 Å². The Morgan fingerprint density at radius 3 is 2.44 bits per heavy atom. The topological polar surface area (TPSA) is 27.0 Å². The van der Waals surface area contributed by atoms with Crippen LogP contribution in [0.3, 0.4) is 0 Å². The average molecular weight is 242 g/mol. The normalized spacial score (nSPS) is 15.1. The van der Waals surface area contributed by atoms with Crippen LogP contribution in [-0.2, 0) is 6.54 Å². The van der Waals surface area contributed by atoms with Gasteiger partial charge in [0.2, 0.25) is 0 Å². The second kappa shape index (κ2) is 6.02. The maximum Gasteiger partial charge on any atom is 0.0635 e. The molecule has 0 aromatic heterocycles. The highest BCUT2D eigenvalue weighted by molar-refractivity contribution is 5.24. The molecule has 2 rings (SSSR count). The van der Waals surface area contributed by atoms with Crippen LogP contribution in [0.15, 0.2) is 24.3 Å². The maximum absolute atomic E-state index is 8.70. The smallest absolute Gasteiger partial charge is 0.0635 e. The zero-order chi connectivity index (χ0) is 13.0. The predicted octanol–water partition coefficient (Wildman–Crippen LogP) is 3.69. The Morgan fingerprint density at radius 1 is 1.28 bits per heavy atom. The number of benzene rings is 1. The predicted molar refractivity (Wildman–Crippen MR) is 74.2 cm³/mol. The summed E-state index contributed by atoms with van der Waals surface area (Å²) < 4.78 is 0. The molecule has 0 unspecified atom stereocenters. The molecule has 0 heterocycles. The molecule has 1 saturated carbocycles. The molecule has 1 fully saturated rings. The van der Waals surface area contributed by atoms with Gasteiger partial charge in [0.25, 0.3) is 0 Å². The fourth-order valence-electron chi connectivity index (χ4n) is 2.27. The van der Waals surface area contributed by atoms with Crippen LogP contribution in [0.4, 0.5) is 0 Å². The second-order valence-corrected chi connectivity index (χ2v) is 5.51. The summed E-state index contributed by atoms with van der Waals surface area (Å²) in [5, 5.41) is 8.70. The van der Waals surface area contributed by atoms with Crippen LogP contribution in [0.25, 0.3) is 0 Å². The third-order valence-corrected chi connectivity index (χ3v) is 3.61. The molecule has 0 radical (unpaired) electrons. The third-order valence-electron chi connectivity index (χ3n) is 3.61. The molecule has 1 aromatic carbocycles. The van der Waals surface area contributed by atoms with Crippen molar-refractivity contribution in [1.82, 2.24) is 4.90 Å². The van der Waals surface area contributed by atoms with Gasteiger partial charge < -0.3 is 0 Å². The van der Waals surface area contributed by atoms with Crippen LogP contribution in [0.1, 0.15) is 50.2 Å². The standard InChI is InChI=1S/C16H22N2/c1-13(2)15-6-4-14(5-7-15)12-18(11-3-10-17)16-8-9-16/h4-7,13,16H,3,8-9,11-12H2,1-2H3. The van der Waals surface area contributed by atoms with Gasteiger partial charge in [0.1, 0.15) is 0 Å². The van der Waals surface area contributed by atoms with Crippen molar-refractivity contribution in [2.24, 2.45) is 0 Å². The maximum atomic E-state index is 8.70. The van der Waals surface area contributed by atoms with Crippen LogP contribution in [0, 0.1) is 11.3 Å². The molecule has 2 nitrogen and oxygen atoms in total. The van der Waals surface area contributed by atoms with Crippen molar-refractivity contribution in [3.8, 4) is 6.07 Å². The lowest BCUT2D eigenvalue weighted by molar-refractivity contribution is 0.261. The van der Waals surface area contributed by atoms with Gasteiger partial charge >= 0.3 is 0 Å². The highest BCUT2D eigenvalue weighted by atomic mass is 15.2. The van der Waals surface area contributed by atoms with Crippen molar-refractivity contribution in [1.29, 1.82) is 5.26 Å². The molecule has 96 valence electrons. The Labute approximate surface area is 110 Å². The summed E-state index contributed by atoms with van der Waals surface area (Å²) in [5.41, 5.74) is 2.76. The minimum atomic E-state index is 0.595. The van der Waals surface area contributed by atoms with E-state index in [2.05, 4.69) is 49.1 Å². The largest absolute Gasteiger partial charge is 0.295 e. The lowest BCUT2D eigenvalue weighted by atomic mass is 10.0. The lowest BCUT2D eigenvalue weighted by Crippen LogP contribution is -2.26. The molecule has 1 aliphatic rings. The molecular formula is C16H22N2. The van der Waals surface area contributed by atoms with E-state index in [0.717, 1.165) is 19.1 Å². The number of nitrogens with zero attached hydrogens (tertiary/aromatic N) is 2. The molecule has 1 aromatic rings. The molecule has 0 atom stereocenters. The minimum Gasteiger partial charge on any atom is -0.295 e. The van der Waals surface area contributed by atoms with Crippen molar-refractivity contribution in [3.05, 3.63) is 35.4 Å². The molecule has 0 bridgehead atoms. The summed E-state index contributed by atoms with van der Waals surface area (Å²) >= 11 is 0. The van der Waals surface area contributed by atoms with Gasteiger partial charge in [-0.25, -0.2) is 0 Å². The van der Waals surface area contributed by atoms with Gasteiger partial charge in [0.15, 0.2) is 0 Å². The van der Waals surface area contributed by atoms with Gasteiger partial charge in [0, 0.05) is 25.6 Å². The van der Waals surface area contributed by atoms with Crippen molar-refractivity contribution < 1.29 is 0 Å². The van der Waals surface area contributed by atoms with Crippen LogP contribution in [-0.4, -0.2) is 17.5 Å². The molecule has 0 aliphatic heterocycles. The van der Waals surface area contributed by atoms with Gasteiger partial charge in [-0.3, -0.25) is 4.90 Å². The average Bonchev–Trinajstić information content (AvgIpc) is 3.19. The molecular weight excluding hydrogens is 220 g/mol. The fourth-order valence-corrected chi connectivity index (χ4v) is 2.27. The van der Waals surface area contributed by atoms with E-state index in [1.165, 1.54) is 24.0 Å². The molecule has 1 aliphatic carbocycles. The quantitative estimate of drug-likeness (QED) is 0.760. The highest BCUT2D eigenvalue weighted by Gasteiger charge is 2.28. The van der Waals surface area contributed by atoms with E-state index < -0.39 is 0 Å². The van der Waals surface area contributed by atoms with E-state index in [1.54, 1.807) is 0 Å². The first-order valence-electron chi connectivity index (χ1n) is 6.90. The van der Waals surface area contributed by atoms with E-state index in [4.69, 9.17) is 5.26 Å². The monoisotopic (exact) mass is 242 g/mol. The summed E-state index contributed by atoms with van der Waals surface area (Å²) in [7, 11) is 0. The molecule has 18 heavy (non-hydrogen) atoms. The highest BCUT2D eigenvalue weighted by Crippen LogP contribution is 2.28. The zero-order valence-electron chi connectivity index (χ0n) is 11.4. The first kappa shape index (κ1) is 13.1. The molecule has 0 spiro atoms. The second-order valence-electron chi connectivity index (χ2n) is 5.51. The number of hydrogen-bond donors (Lipinski definition) is 0. The SMILES string of the molecule is CC(C)c1ccc(CN(CCC#N)C2CC2)cc1. The van der Waals surface area contributed by atoms with Crippen molar-refractivity contribution in [2.75, 3.05) is 6.54 Å². The zero-order valence-corrected chi connectivity index (χ0v) is 11.4. The van der Waals surface area contributed by atoms with Gasteiger partial charge in [-0.15, -0.1) is 0 Å². The summed E-state index contributed by atoms with van der Waals surface area (Å²) in [6, 6.07) is 11.9. The van der Waals surface area contributed by atoms with Crippen molar-refractivity contribution in [3.63, 3.8) is 0 Å². The molecule has 0 saturated heterocycles. The summed E-state index contributed by atoms with van der Waals surface area (Å²) in [6.45, 7) is 6.34. The molecule has 0 amide bonds. The van der Waals surface area contributed by atoms with Gasteiger partial charge in [-0.1, -0.05) is 38.1 Å². The Balaban J connectivity index is 1.96. The summed E-state index contributed by atoms with van der Waals surface area (Å²) in [6.07, 6.45) is 3.24. The van der Waals surface area contributed by atoms with Crippen LogP contribution >= 0.6 is 0 Å². The number of hydrogen-bond acceptors (Lipinski definition) is 2. The van der Waals surface area contributed by atoms with Crippen LogP contribution in [0.5, 0.6) is 0 Å². The molecule has 0 N–H and O–H groups in total. The third kappa shape index (κ3) is 3.58. The Kier molecular flexibility index (Phi) is 4.38. The van der Waals surface area contributed by atoms with Crippen molar-refractivity contribution >= 4 is 0 Å². The Hall–Kier alpha value is -1.33. The first-order chi connectivity index (χ1) is 8.70. The van der Waals surface area contributed by atoms with E-state index in [1.807, 2.05) is 0 Å². The van der Waals surface area contributed by atoms with Crippen molar-refractivity contribution in [2.45, 2.75) is 51.6 Å². The van der Waals surface area contributed by atoms with E-state index in [0.29, 0.717) is 12.3 Å². The fraction of sp³-hybridized carbons (Fsp3) is 0.562. The van der Waals surface area contributed by atoms with Gasteiger partial charge in [-0.05, 0) is 29.9 Å². The first-order valence-corrected chi connectivity index (χ1v) is 6.90. The summed E-state index contributed by atoms with van der Waals surface area (Å²) in [4.78, 5) is 2.45. The lowest BCUT2D eigenvalue weighted by Gasteiger charge is -2.21. The number of nitriles is 1. The van der Waals surface area contributed by atoms with Crippen LogP contribution < -0.4 is 0 Å². The Morgan fingerprint density at radius 2 is 1.94 bits per heavy atom. The van der Waals surface area contributed by atoms with E-state index in [-0.39, 0.29) is 0 Å².